The fourth-order valence-electron chi connectivity index (χ4n) is 3.22. The molecule has 2 atom stereocenters. The van der Waals surface area contributed by atoms with Gasteiger partial charge in [0.05, 0.1) is 0 Å². The topological polar surface area (TPSA) is 89.3 Å². The van der Waals surface area contributed by atoms with Gasteiger partial charge in [0.1, 0.15) is 5.75 Å². The number of rotatable bonds is 7. The summed E-state index contributed by atoms with van der Waals surface area (Å²) >= 11 is 0. The van der Waals surface area contributed by atoms with Crippen molar-refractivity contribution in [1.29, 1.82) is 0 Å². The first-order valence-corrected chi connectivity index (χ1v) is 9.13. The van der Waals surface area contributed by atoms with Crippen LogP contribution >= 0.6 is 12.4 Å². The predicted octanol–water partition coefficient (Wildman–Crippen LogP) is 3.34. The van der Waals surface area contributed by atoms with Crippen LogP contribution in [-0.2, 0) is 11.4 Å². The minimum Gasteiger partial charge on any atom is -0.485 e. The van der Waals surface area contributed by atoms with Gasteiger partial charge < -0.3 is 19.9 Å². The van der Waals surface area contributed by atoms with Gasteiger partial charge in [0, 0.05) is 19.0 Å². The van der Waals surface area contributed by atoms with Gasteiger partial charge in [-0.15, -0.1) is 12.4 Å². The summed E-state index contributed by atoms with van der Waals surface area (Å²) in [5.41, 5.74) is 0.770. The summed E-state index contributed by atoms with van der Waals surface area (Å²) in [7, 11) is 0. The van der Waals surface area contributed by atoms with E-state index in [0.717, 1.165) is 18.8 Å². The normalized spacial score (nSPS) is 17.6. The Kier molecular flexibility index (Phi) is 8.06. The van der Waals surface area contributed by atoms with E-state index in [0.29, 0.717) is 35.7 Å². The number of benzene rings is 1. The molecule has 0 spiro atoms. The fourth-order valence-corrected chi connectivity index (χ4v) is 3.22. The van der Waals surface area contributed by atoms with Crippen molar-refractivity contribution in [2.75, 3.05) is 18.4 Å². The van der Waals surface area contributed by atoms with Crippen molar-refractivity contribution in [3.8, 4) is 5.75 Å². The number of halogens is 1. The van der Waals surface area contributed by atoms with Gasteiger partial charge in [-0.2, -0.15) is 4.98 Å². The van der Waals surface area contributed by atoms with Gasteiger partial charge in [0.25, 0.3) is 0 Å². The van der Waals surface area contributed by atoms with Gasteiger partial charge in [-0.25, -0.2) is 0 Å². The van der Waals surface area contributed by atoms with E-state index in [4.69, 9.17) is 9.26 Å². The van der Waals surface area contributed by atoms with E-state index in [1.165, 1.54) is 12.8 Å². The molecule has 1 aliphatic heterocycles. The maximum atomic E-state index is 12.3. The molecule has 1 aromatic heterocycles. The SMILES string of the molecule is Cc1nc(COc2ccc(NC(=O)CC(C)C3CCCNC3)cc2)no1.Cl. The van der Waals surface area contributed by atoms with Crippen molar-refractivity contribution in [2.24, 2.45) is 11.8 Å². The van der Waals surface area contributed by atoms with E-state index >= 15 is 0 Å². The summed E-state index contributed by atoms with van der Waals surface area (Å²) in [6, 6.07) is 7.30. The lowest BCUT2D eigenvalue weighted by molar-refractivity contribution is -0.117. The number of ether oxygens (including phenoxy) is 1. The zero-order valence-corrected chi connectivity index (χ0v) is 16.6. The number of carbonyl (C=O) groups excluding carboxylic acids is 1. The molecule has 0 radical (unpaired) electrons. The second-order valence-corrected chi connectivity index (χ2v) is 6.88. The van der Waals surface area contributed by atoms with Crippen molar-refractivity contribution in [3.63, 3.8) is 0 Å². The fraction of sp³-hybridized carbons (Fsp3) is 0.526. The van der Waals surface area contributed by atoms with Gasteiger partial charge in [-0.05, 0) is 62.0 Å². The van der Waals surface area contributed by atoms with Gasteiger partial charge >= 0.3 is 0 Å². The van der Waals surface area contributed by atoms with Crippen molar-refractivity contribution < 1.29 is 14.1 Å². The molecular formula is C19H27ClN4O3. The van der Waals surface area contributed by atoms with Gasteiger partial charge in [-0.3, -0.25) is 4.79 Å². The Bertz CT molecular complexity index is 714. The lowest BCUT2D eigenvalue weighted by atomic mass is 9.85. The van der Waals surface area contributed by atoms with E-state index in [9.17, 15) is 4.79 Å². The minimum atomic E-state index is 0. The largest absolute Gasteiger partial charge is 0.485 e. The first-order valence-electron chi connectivity index (χ1n) is 9.13. The number of nitrogens with one attached hydrogen (secondary N) is 2. The molecular weight excluding hydrogens is 368 g/mol. The summed E-state index contributed by atoms with van der Waals surface area (Å²) in [6.45, 7) is 6.25. The zero-order chi connectivity index (χ0) is 18.4. The number of amides is 1. The molecule has 1 saturated heterocycles. The van der Waals surface area contributed by atoms with Gasteiger partial charge in [-0.1, -0.05) is 12.1 Å². The molecule has 2 N–H and O–H groups in total. The van der Waals surface area contributed by atoms with Crippen LogP contribution in [0.4, 0.5) is 5.69 Å². The van der Waals surface area contributed by atoms with E-state index in [-0.39, 0.29) is 24.9 Å². The average Bonchev–Trinajstić information content (AvgIpc) is 3.07. The molecule has 148 valence electrons. The third kappa shape index (κ3) is 6.52. The molecule has 3 rings (SSSR count). The lowest BCUT2D eigenvalue weighted by Crippen LogP contribution is -2.34. The average molecular weight is 395 g/mol. The highest BCUT2D eigenvalue weighted by molar-refractivity contribution is 5.90. The summed E-state index contributed by atoms with van der Waals surface area (Å²) in [5.74, 6) is 2.72. The van der Waals surface area contributed by atoms with Crippen LogP contribution in [0, 0.1) is 18.8 Å². The van der Waals surface area contributed by atoms with E-state index < -0.39 is 0 Å². The number of nitrogens with zero attached hydrogens (tertiary/aromatic N) is 2. The van der Waals surface area contributed by atoms with Crippen LogP contribution in [0.25, 0.3) is 0 Å². The molecule has 0 saturated carbocycles. The molecule has 8 heteroatoms. The zero-order valence-electron chi connectivity index (χ0n) is 15.7. The quantitative estimate of drug-likeness (QED) is 0.748. The third-order valence-corrected chi connectivity index (χ3v) is 4.72. The molecule has 27 heavy (non-hydrogen) atoms. The summed E-state index contributed by atoms with van der Waals surface area (Å²) in [5, 5.41) is 10.2. The number of hydrogen-bond donors (Lipinski definition) is 2. The van der Waals surface area contributed by atoms with Crippen LogP contribution in [0.3, 0.4) is 0 Å². The Morgan fingerprint density at radius 2 is 2.19 bits per heavy atom. The molecule has 1 aromatic carbocycles. The van der Waals surface area contributed by atoms with Crippen molar-refractivity contribution in [2.45, 2.75) is 39.7 Å². The van der Waals surface area contributed by atoms with Crippen LogP contribution < -0.4 is 15.4 Å². The summed E-state index contributed by atoms with van der Waals surface area (Å²) in [6.07, 6.45) is 2.94. The van der Waals surface area contributed by atoms with Crippen LogP contribution in [0.2, 0.25) is 0 Å². The van der Waals surface area contributed by atoms with E-state index in [1.54, 1.807) is 6.92 Å². The first-order chi connectivity index (χ1) is 12.6. The number of carbonyl (C=O) groups is 1. The number of anilines is 1. The molecule has 0 bridgehead atoms. The molecule has 7 nitrogen and oxygen atoms in total. The maximum absolute atomic E-state index is 12.3. The van der Waals surface area contributed by atoms with Crippen LogP contribution in [0.5, 0.6) is 5.75 Å². The highest BCUT2D eigenvalue weighted by Crippen LogP contribution is 2.23. The molecule has 2 aromatic rings. The standard InChI is InChI=1S/C19H26N4O3.ClH/c1-13(15-4-3-9-20-11-15)10-19(24)22-16-5-7-17(8-6-16)25-12-18-21-14(2)26-23-18;/h5-8,13,15,20H,3-4,9-12H2,1-2H3,(H,22,24);1H. The van der Waals surface area contributed by atoms with E-state index in [2.05, 4.69) is 27.7 Å². The summed E-state index contributed by atoms with van der Waals surface area (Å²) < 4.78 is 10.5. The number of piperidine rings is 1. The lowest BCUT2D eigenvalue weighted by Gasteiger charge is -2.28. The van der Waals surface area contributed by atoms with Crippen molar-refractivity contribution in [3.05, 3.63) is 36.0 Å². The second-order valence-electron chi connectivity index (χ2n) is 6.88. The van der Waals surface area contributed by atoms with Crippen molar-refractivity contribution in [1.82, 2.24) is 15.5 Å². The van der Waals surface area contributed by atoms with Crippen molar-refractivity contribution >= 4 is 24.0 Å². The molecule has 0 aliphatic carbocycles. The third-order valence-electron chi connectivity index (χ3n) is 4.72. The predicted molar refractivity (Wildman–Crippen MR) is 105 cm³/mol. The Labute approximate surface area is 165 Å². The first kappa shape index (κ1) is 21.2. The minimum absolute atomic E-state index is 0. The molecule has 2 heterocycles. The van der Waals surface area contributed by atoms with Crippen LogP contribution in [0.15, 0.2) is 28.8 Å². The Morgan fingerprint density at radius 1 is 1.41 bits per heavy atom. The Balaban J connectivity index is 0.00000261. The number of hydrogen-bond acceptors (Lipinski definition) is 6. The Morgan fingerprint density at radius 3 is 2.81 bits per heavy atom. The Hall–Kier alpha value is -2.12. The van der Waals surface area contributed by atoms with Crippen LogP contribution in [-0.4, -0.2) is 29.1 Å². The maximum Gasteiger partial charge on any atom is 0.224 e. The number of aryl methyl sites for hydroxylation is 1. The van der Waals surface area contributed by atoms with Gasteiger partial charge in [0.2, 0.25) is 17.6 Å². The smallest absolute Gasteiger partial charge is 0.224 e. The summed E-state index contributed by atoms with van der Waals surface area (Å²) in [4.78, 5) is 16.4. The molecule has 1 fully saturated rings. The monoisotopic (exact) mass is 394 g/mol. The molecule has 1 amide bonds. The molecule has 2 unspecified atom stereocenters. The second kappa shape index (κ2) is 10.3. The van der Waals surface area contributed by atoms with E-state index in [1.807, 2.05) is 24.3 Å². The highest BCUT2D eigenvalue weighted by atomic mass is 35.5. The molecule has 1 aliphatic rings. The highest BCUT2D eigenvalue weighted by Gasteiger charge is 2.22. The van der Waals surface area contributed by atoms with Gasteiger partial charge in [0.15, 0.2) is 6.61 Å². The van der Waals surface area contributed by atoms with Crippen LogP contribution in [0.1, 0.15) is 37.9 Å². The number of aromatic nitrogens is 2.